The summed E-state index contributed by atoms with van der Waals surface area (Å²) >= 11 is 0. The van der Waals surface area contributed by atoms with Crippen LogP contribution in [0.5, 0.6) is 5.75 Å². The van der Waals surface area contributed by atoms with Gasteiger partial charge in [-0.3, -0.25) is 9.69 Å². The first kappa shape index (κ1) is 21.5. The van der Waals surface area contributed by atoms with Crippen LogP contribution in [0.1, 0.15) is 37.8 Å². The molecule has 4 fully saturated rings. The normalized spacial score (nSPS) is 26.3. The third kappa shape index (κ3) is 3.73. The quantitative estimate of drug-likeness (QED) is 0.718. The highest BCUT2D eigenvalue weighted by Crippen LogP contribution is 2.46. The summed E-state index contributed by atoms with van der Waals surface area (Å²) in [7, 11) is 1.74. The maximum Gasteiger partial charge on any atom is 0.228 e. The number of nitrogens with zero attached hydrogens (tertiary/aromatic N) is 4. The predicted octanol–water partition coefficient (Wildman–Crippen LogP) is 3.05. The molecular formula is C24H27F2N5O3. The van der Waals surface area contributed by atoms with Gasteiger partial charge in [0.25, 0.3) is 0 Å². The van der Waals surface area contributed by atoms with Crippen LogP contribution >= 0.6 is 0 Å². The van der Waals surface area contributed by atoms with Crippen molar-refractivity contribution in [3.63, 3.8) is 0 Å². The second-order valence-electron chi connectivity index (χ2n) is 9.74. The maximum absolute atomic E-state index is 14.0. The first-order chi connectivity index (χ1) is 16.4. The Labute approximate surface area is 196 Å². The third-order valence-electron chi connectivity index (χ3n) is 7.34. The molecule has 5 aliphatic rings. The van der Waals surface area contributed by atoms with Crippen molar-refractivity contribution in [2.75, 3.05) is 41.9 Å². The number of aromatic nitrogens is 2. The number of rotatable bonds is 5. The molecule has 1 aromatic heterocycles. The molecule has 1 aromatic carbocycles. The first-order valence-electron chi connectivity index (χ1n) is 11.8. The Bertz CT molecular complexity index is 1130. The Kier molecular flexibility index (Phi) is 5.09. The standard InChI is InChI=1S/C24H27F2N5O3/c1-30-20(32)5-3-18-22(30)28-23(21(27-18)29-24-11-16(12-24)33-13-24)31-8-6-15(7-9-31)34-19-4-2-14(25)10-17(19)26/h2,4,10,15-16H,3,5-9,11-13H2,1H3,(H,27,29). The first-order valence-corrected chi connectivity index (χ1v) is 11.8. The highest BCUT2D eigenvalue weighted by atomic mass is 19.1. The van der Waals surface area contributed by atoms with Gasteiger partial charge in [0, 0.05) is 51.9 Å². The fourth-order valence-electron chi connectivity index (χ4n) is 5.35. The third-order valence-corrected chi connectivity index (χ3v) is 7.34. The maximum atomic E-state index is 14.0. The van der Waals surface area contributed by atoms with Crippen molar-refractivity contribution in [1.29, 1.82) is 0 Å². The van der Waals surface area contributed by atoms with Crippen molar-refractivity contribution < 1.29 is 23.0 Å². The van der Waals surface area contributed by atoms with Gasteiger partial charge in [-0.1, -0.05) is 0 Å². The smallest absolute Gasteiger partial charge is 0.228 e. The number of aryl methyl sites for hydroxylation is 1. The van der Waals surface area contributed by atoms with E-state index in [-0.39, 0.29) is 23.3 Å². The van der Waals surface area contributed by atoms with Gasteiger partial charge in [-0.25, -0.2) is 18.7 Å². The number of carbonyl (C=O) groups is 1. The Morgan fingerprint density at radius 2 is 1.94 bits per heavy atom. The van der Waals surface area contributed by atoms with E-state index in [2.05, 4.69) is 10.2 Å². The van der Waals surface area contributed by atoms with Crippen LogP contribution in [0.3, 0.4) is 0 Å². The lowest BCUT2D eigenvalue weighted by Gasteiger charge is -2.39. The van der Waals surface area contributed by atoms with Crippen molar-refractivity contribution in [3.8, 4) is 5.75 Å². The Morgan fingerprint density at radius 3 is 2.65 bits per heavy atom. The van der Waals surface area contributed by atoms with E-state index in [4.69, 9.17) is 19.4 Å². The molecule has 0 spiro atoms. The zero-order valence-electron chi connectivity index (χ0n) is 19.0. The fraction of sp³-hybridized carbons (Fsp3) is 0.542. The largest absolute Gasteiger partial charge is 0.487 e. The van der Waals surface area contributed by atoms with Crippen LogP contribution in [-0.4, -0.2) is 60.4 Å². The van der Waals surface area contributed by atoms with E-state index in [0.717, 1.165) is 36.2 Å². The minimum absolute atomic E-state index is 0.0338. The van der Waals surface area contributed by atoms with Gasteiger partial charge in [-0.15, -0.1) is 0 Å². The molecule has 1 aliphatic carbocycles. The molecule has 7 rings (SSSR count). The van der Waals surface area contributed by atoms with E-state index < -0.39 is 11.6 Å². The molecule has 10 heteroatoms. The molecule has 0 atom stereocenters. The zero-order valence-corrected chi connectivity index (χ0v) is 19.0. The molecule has 0 radical (unpaired) electrons. The van der Waals surface area contributed by atoms with E-state index in [1.807, 2.05) is 0 Å². The average molecular weight is 472 g/mol. The van der Waals surface area contributed by atoms with Gasteiger partial charge in [0.05, 0.1) is 23.9 Å². The lowest BCUT2D eigenvalue weighted by Crippen LogP contribution is -2.48. The van der Waals surface area contributed by atoms with Gasteiger partial charge in [0.2, 0.25) is 5.91 Å². The number of amides is 1. The summed E-state index contributed by atoms with van der Waals surface area (Å²) in [5.41, 5.74) is 0.727. The summed E-state index contributed by atoms with van der Waals surface area (Å²) in [5, 5.41) is 3.63. The van der Waals surface area contributed by atoms with E-state index >= 15 is 0 Å². The van der Waals surface area contributed by atoms with E-state index in [1.165, 1.54) is 12.1 Å². The number of ether oxygens (including phenoxy) is 2. The summed E-state index contributed by atoms with van der Waals surface area (Å²) in [6, 6.07) is 3.36. The number of nitrogens with one attached hydrogen (secondary N) is 1. The van der Waals surface area contributed by atoms with Crippen LogP contribution in [-0.2, 0) is 16.0 Å². The van der Waals surface area contributed by atoms with Crippen LogP contribution in [0.4, 0.5) is 26.2 Å². The van der Waals surface area contributed by atoms with Gasteiger partial charge < -0.3 is 19.7 Å². The van der Waals surface area contributed by atoms with Crippen molar-refractivity contribution in [1.82, 2.24) is 9.97 Å². The van der Waals surface area contributed by atoms with Crippen molar-refractivity contribution in [3.05, 3.63) is 35.5 Å². The lowest BCUT2D eigenvalue weighted by molar-refractivity contribution is -0.118. The van der Waals surface area contributed by atoms with Gasteiger partial charge in [0.1, 0.15) is 11.9 Å². The summed E-state index contributed by atoms with van der Waals surface area (Å²) in [6.45, 7) is 1.94. The van der Waals surface area contributed by atoms with Crippen LogP contribution in [0.15, 0.2) is 18.2 Å². The minimum atomic E-state index is -0.695. The van der Waals surface area contributed by atoms with Gasteiger partial charge in [-0.05, 0) is 25.0 Å². The van der Waals surface area contributed by atoms with E-state index in [1.54, 1.807) is 11.9 Å². The number of anilines is 3. The number of carbonyl (C=O) groups excluding carboxylic acids is 1. The lowest BCUT2D eigenvalue weighted by atomic mass is 9.78. The molecular weight excluding hydrogens is 444 g/mol. The topological polar surface area (TPSA) is 79.8 Å². The Morgan fingerprint density at radius 1 is 1.15 bits per heavy atom. The van der Waals surface area contributed by atoms with E-state index in [9.17, 15) is 13.6 Å². The molecule has 8 nitrogen and oxygen atoms in total. The van der Waals surface area contributed by atoms with Gasteiger partial charge >= 0.3 is 0 Å². The second-order valence-corrected chi connectivity index (χ2v) is 9.74. The molecule has 2 aromatic rings. The predicted molar refractivity (Wildman–Crippen MR) is 121 cm³/mol. The molecule has 1 N–H and O–H groups in total. The number of benzene rings is 1. The van der Waals surface area contributed by atoms with Gasteiger partial charge in [0.15, 0.2) is 29.0 Å². The number of halogens is 2. The van der Waals surface area contributed by atoms with E-state index in [0.29, 0.717) is 57.3 Å². The summed E-state index contributed by atoms with van der Waals surface area (Å²) in [5.74, 6) is 0.835. The average Bonchev–Trinajstić information content (AvgIpc) is 3.39. The highest BCUT2D eigenvalue weighted by Gasteiger charge is 2.52. The number of piperidine rings is 1. The van der Waals surface area contributed by atoms with Crippen LogP contribution in [0.2, 0.25) is 0 Å². The highest BCUT2D eigenvalue weighted by molar-refractivity contribution is 5.95. The summed E-state index contributed by atoms with van der Waals surface area (Å²) < 4.78 is 38.8. The summed E-state index contributed by atoms with van der Waals surface area (Å²) in [6.07, 6.45) is 4.37. The number of fused-ring (bicyclic) bond motifs is 2. The molecule has 0 unspecified atom stereocenters. The van der Waals surface area contributed by atoms with Crippen molar-refractivity contribution in [2.24, 2.45) is 0 Å². The Hall–Kier alpha value is -3.01. The number of hydrogen-bond acceptors (Lipinski definition) is 7. The Balaban J connectivity index is 1.23. The molecule has 34 heavy (non-hydrogen) atoms. The van der Waals surface area contributed by atoms with Crippen molar-refractivity contribution >= 4 is 23.4 Å². The molecule has 1 amide bonds. The monoisotopic (exact) mass is 471 g/mol. The van der Waals surface area contributed by atoms with Gasteiger partial charge in [-0.2, -0.15) is 0 Å². The minimum Gasteiger partial charge on any atom is -0.487 e. The fourth-order valence-corrected chi connectivity index (χ4v) is 5.35. The second kappa shape index (κ2) is 8.04. The molecule has 180 valence electrons. The summed E-state index contributed by atoms with van der Waals surface area (Å²) in [4.78, 5) is 25.8. The molecule has 1 saturated carbocycles. The molecule has 2 bridgehead atoms. The van der Waals surface area contributed by atoms with Crippen LogP contribution in [0.25, 0.3) is 0 Å². The molecule has 3 saturated heterocycles. The van der Waals surface area contributed by atoms with Crippen LogP contribution < -0.4 is 19.9 Å². The number of hydrogen-bond donors (Lipinski definition) is 1. The SMILES string of the molecule is CN1C(=O)CCc2nc(NC34COC(C3)C4)c(N3CCC(Oc4ccc(F)cc4F)CC3)nc21. The van der Waals surface area contributed by atoms with Crippen LogP contribution in [0, 0.1) is 11.6 Å². The van der Waals surface area contributed by atoms with Crippen molar-refractivity contribution in [2.45, 2.75) is 56.3 Å². The molecule has 4 aliphatic heterocycles. The molecule has 5 heterocycles. The zero-order chi connectivity index (χ0) is 23.4.